The number of nitrogens with zero attached hydrogens (tertiary/aromatic N) is 3. The highest BCUT2D eigenvalue weighted by atomic mass is 16.9. The summed E-state index contributed by atoms with van der Waals surface area (Å²) in [6, 6.07) is 0. The molecule has 8 nitrogen and oxygen atoms in total. The van der Waals surface area contributed by atoms with Gasteiger partial charge in [-0.2, -0.15) is 0 Å². The Bertz CT molecular complexity index is 365. The number of ether oxygens (including phenoxy) is 3. The topological polar surface area (TPSA) is 61.5 Å². The van der Waals surface area contributed by atoms with Crippen molar-refractivity contribution >= 4 is 0 Å². The van der Waals surface area contributed by atoms with Gasteiger partial charge in [0.25, 0.3) is 5.97 Å². The van der Waals surface area contributed by atoms with Crippen molar-refractivity contribution in [1.82, 2.24) is 25.3 Å². The predicted octanol–water partition coefficient (Wildman–Crippen LogP) is 0.00620. The molecule has 3 fully saturated rings. The maximum Gasteiger partial charge on any atom is 0.280 e. The second-order valence-electron chi connectivity index (χ2n) is 8.49. The highest BCUT2D eigenvalue weighted by molar-refractivity contribution is 4.69. The fraction of sp³-hybridized carbons (Fsp3) is 1.00. The van der Waals surface area contributed by atoms with E-state index in [0.717, 1.165) is 72.0 Å². The van der Waals surface area contributed by atoms with Crippen LogP contribution < -0.4 is 10.6 Å². The van der Waals surface area contributed by atoms with Gasteiger partial charge in [-0.1, -0.05) is 6.42 Å². The number of piperidine rings is 1. The number of hydrogen-bond donors (Lipinski definition) is 2. The largest absolute Gasteiger partial charge is 0.326 e. The van der Waals surface area contributed by atoms with Crippen molar-refractivity contribution in [3.05, 3.63) is 0 Å². The van der Waals surface area contributed by atoms with Crippen LogP contribution in [0.25, 0.3) is 0 Å². The maximum atomic E-state index is 6.16. The zero-order chi connectivity index (χ0) is 20.2. The second-order valence-corrected chi connectivity index (χ2v) is 8.49. The first kappa shape index (κ1) is 23.3. The highest BCUT2D eigenvalue weighted by Crippen LogP contribution is 2.16. The summed E-state index contributed by atoms with van der Waals surface area (Å²) in [7, 11) is 0. The van der Waals surface area contributed by atoms with Crippen LogP contribution in [0.5, 0.6) is 0 Å². The molecule has 3 saturated heterocycles. The zero-order valence-corrected chi connectivity index (χ0v) is 18.5. The molecule has 0 aromatic heterocycles. The lowest BCUT2D eigenvalue weighted by atomic mass is 10.1. The van der Waals surface area contributed by atoms with Gasteiger partial charge in [-0.25, -0.2) is 0 Å². The quantitative estimate of drug-likeness (QED) is 0.434. The van der Waals surface area contributed by atoms with Crippen LogP contribution in [0.3, 0.4) is 0 Å². The van der Waals surface area contributed by atoms with Gasteiger partial charge in [-0.3, -0.25) is 9.80 Å². The van der Waals surface area contributed by atoms with Gasteiger partial charge < -0.3 is 29.7 Å². The van der Waals surface area contributed by atoms with E-state index < -0.39 is 5.97 Å². The first-order chi connectivity index (χ1) is 14.2. The van der Waals surface area contributed by atoms with Crippen molar-refractivity contribution in [2.24, 2.45) is 0 Å². The molecule has 0 atom stereocenters. The monoisotopic (exact) mass is 413 g/mol. The molecule has 3 aliphatic heterocycles. The minimum Gasteiger partial charge on any atom is -0.326 e. The van der Waals surface area contributed by atoms with Gasteiger partial charge in [0.1, 0.15) is 0 Å². The molecule has 29 heavy (non-hydrogen) atoms. The Morgan fingerprint density at radius 2 is 0.966 bits per heavy atom. The summed E-state index contributed by atoms with van der Waals surface area (Å²) in [5.74, 6) is -0.960. The number of nitrogens with one attached hydrogen (secondary N) is 2. The van der Waals surface area contributed by atoms with Crippen molar-refractivity contribution in [3.8, 4) is 0 Å². The lowest BCUT2D eigenvalue weighted by Gasteiger charge is -2.34. The fourth-order valence-electron chi connectivity index (χ4n) is 4.26. The predicted molar refractivity (Wildman–Crippen MR) is 115 cm³/mol. The van der Waals surface area contributed by atoms with Gasteiger partial charge in [-0.05, 0) is 25.9 Å². The van der Waals surface area contributed by atoms with Gasteiger partial charge in [0.05, 0.1) is 19.8 Å². The highest BCUT2D eigenvalue weighted by Gasteiger charge is 2.28. The van der Waals surface area contributed by atoms with Gasteiger partial charge in [0.2, 0.25) is 0 Å². The number of hydrogen-bond acceptors (Lipinski definition) is 8. The summed E-state index contributed by atoms with van der Waals surface area (Å²) in [6.45, 7) is 17.6. The summed E-state index contributed by atoms with van der Waals surface area (Å²) < 4.78 is 18.5. The van der Waals surface area contributed by atoms with Crippen LogP contribution in [0, 0.1) is 0 Å². The minimum atomic E-state index is -0.960. The molecule has 0 amide bonds. The standard InChI is InChI=1S/C21H43N5O3/c1-21(27-18-15-24-9-3-2-4-10-24,28-19-16-25-11-5-22-6-12-25)29-20-17-26-13-7-23-8-14-26/h22-23H,2-20H2,1H3. The first-order valence-corrected chi connectivity index (χ1v) is 11.7. The number of likely N-dealkylation sites (tertiary alicyclic amines) is 1. The fourth-order valence-corrected chi connectivity index (χ4v) is 4.26. The van der Waals surface area contributed by atoms with Crippen molar-refractivity contribution in [2.75, 3.05) is 105 Å². The molecular weight excluding hydrogens is 370 g/mol. The summed E-state index contributed by atoms with van der Waals surface area (Å²) in [4.78, 5) is 7.36. The Morgan fingerprint density at radius 1 is 0.586 bits per heavy atom. The van der Waals surface area contributed by atoms with E-state index in [0.29, 0.717) is 19.8 Å². The van der Waals surface area contributed by atoms with E-state index in [2.05, 4.69) is 25.3 Å². The number of piperazine rings is 2. The molecule has 0 unspecified atom stereocenters. The van der Waals surface area contributed by atoms with Crippen molar-refractivity contribution < 1.29 is 14.2 Å². The normalized spacial score (nSPS) is 23.5. The molecule has 0 aromatic rings. The molecule has 0 saturated carbocycles. The second kappa shape index (κ2) is 13.2. The average molecular weight is 414 g/mol. The van der Waals surface area contributed by atoms with Gasteiger partial charge >= 0.3 is 0 Å². The molecular formula is C21H43N5O3. The Kier molecular flexibility index (Phi) is 10.6. The maximum absolute atomic E-state index is 6.16. The molecule has 0 aliphatic carbocycles. The summed E-state index contributed by atoms with van der Waals surface area (Å²) in [5.41, 5.74) is 0. The molecule has 2 N–H and O–H groups in total. The van der Waals surface area contributed by atoms with Crippen LogP contribution in [-0.2, 0) is 14.2 Å². The summed E-state index contributed by atoms with van der Waals surface area (Å²) >= 11 is 0. The van der Waals surface area contributed by atoms with E-state index >= 15 is 0 Å². The molecule has 0 bridgehead atoms. The Morgan fingerprint density at radius 3 is 1.38 bits per heavy atom. The molecule has 3 aliphatic rings. The van der Waals surface area contributed by atoms with Gasteiger partial charge in [0.15, 0.2) is 0 Å². The van der Waals surface area contributed by atoms with Crippen LogP contribution in [0.15, 0.2) is 0 Å². The van der Waals surface area contributed by atoms with Crippen LogP contribution in [-0.4, -0.2) is 126 Å². The van der Waals surface area contributed by atoms with Gasteiger partial charge in [0, 0.05) is 78.9 Å². The Labute approximate surface area is 177 Å². The van der Waals surface area contributed by atoms with Crippen molar-refractivity contribution in [1.29, 1.82) is 0 Å². The van der Waals surface area contributed by atoms with E-state index in [1.807, 2.05) is 6.92 Å². The molecule has 170 valence electrons. The summed E-state index contributed by atoms with van der Waals surface area (Å²) in [5, 5.41) is 6.79. The first-order valence-electron chi connectivity index (χ1n) is 11.7. The number of rotatable bonds is 12. The molecule has 0 aromatic carbocycles. The third-order valence-corrected chi connectivity index (χ3v) is 6.18. The van der Waals surface area contributed by atoms with Gasteiger partial charge in [-0.15, -0.1) is 0 Å². The third kappa shape index (κ3) is 9.14. The van der Waals surface area contributed by atoms with Crippen LogP contribution in [0.4, 0.5) is 0 Å². The minimum absolute atomic E-state index is 0.633. The van der Waals surface area contributed by atoms with Crippen molar-refractivity contribution in [3.63, 3.8) is 0 Å². The molecule has 3 heterocycles. The van der Waals surface area contributed by atoms with E-state index in [9.17, 15) is 0 Å². The Hall–Kier alpha value is -0.320. The summed E-state index contributed by atoms with van der Waals surface area (Å²) in [6.07, 6.45) is 3.97. The van der Waals surface area contributed by atoms with E-state index in [4.69, 9.17) is 14.2 Å². The molecule has 3 rings (SSSR count). The van der Waals surface area contributed by atoms with E-state index in [1.54, 1.807) is 0 Å². The van der Waals surface area contributed by atoms with Crippen LogP contribution in [0.1, 0.15) is 26.2 Å². The smallest absolute Gasteiger partial charge is 0.280 e. The van der Waals surface area contributed by atoms with Crippen LogP contribution >= 0.6 is 0 Å². The lowest BCUT2D eigenvalue weighted by molar-refractivity contribution is -0.371. The van der Waals surface area contributed by atoms with Crippen LogP contribution in [0.2, 0.25) is 0 Å². The Balaban J connectivity index is 1.39. The average Bonchev–Trinajstić information content (AvgIpc) is 2.76. The zero-order valence-electron chi connectivity index (χ0n) is 18.5. The third-order valence-electron chi connectivity index (χ3n) is 6.18. The van der Waals surface area contributed by atoms with E-state index in [-0.39, 0.29) is 0 Å². The molecule has 8 heteroatoms. The SMILES string of the molecule is CC(OCCN1CCCCC1)(OCCN1CCNCC1)OCCN1CCNCC1. The molecule has 0 spiro atoms. The molecule has 0 radical (unpaired) electrons. The lowest BCUT2D eigenvalue weighted by Crippen LogP contribution is -2.47. The van der Waals surface area contributed by atoms with E-state index in [1.165, 1.54) is 32.4 Å². The van der Waals surface area contributed by atoms with Crippen molar-refractivity contribution in [2.45, 2.75) is 32.2 Å².